The van der Waals surface area contributed by atoms with Crippen LogP contribution in [0.5, 0.6) is 0 Å². The minimum absolute atomic E-state index is 0.697. The Hall–Kier alpha value is -1.06. The van der Waals surface area contributed by atoms with Crippen LogP contribution in [0.3, 0.4) is 0 Å². The van der Waals surface area contributed by atoms with Crippen LogP contribution < -0.4 is 10.6 Å². The summed E-state index contributed by atoms with van der Waals surface area (Å²) in [4.78, 5) is 2.50. The predicted octanol–water partition coefficient (Wildman–Crippen LogP) is 1.88. The number of nitrogens with zero attached hydrogens (tertiary/aromatic N) is 1. The van der Waals surface area contributed by atoms with Gasteiger partial charge in [-0.3, -0.25) is 0 Å². The third kappa shape index (κ3) is 3.10. The van der Waals surface area contributed by atoms with Crippen molar-refractivity contribution < 1.29 is 0 Å². The lowest BCUT2D eigenvalue weighted by molar-refractivity contribution is 0.191. The zero-order valence-corrected chi connectivity index (χ0v) is 11.9. The number of hydrogen-bond acceptors (Lipinski definition) is 3. The van der Waals surface area contributed by atoms with Crippen LogP contribution in [0.2, 0.25) is 0 Å². The minimum atomic E-state index is 0.697. The Labute approximate surface area is 116 Å². The summed E-state index contributed by atoms with van der Waals surface area (Å²) in [5.74, 6) is 0. The average Bonchev–Trinajstić information content (AvgIpc) is 2.46. The molecule has 0 saturated carbocycles. The summed E-state index contributed by atoms with van der Waals surface area (Å²) in [6.45, 7) is 4.59. The highest BCUT2D eigenvalue weighted by atomic mass is 15.2. The van der Waals surface area contributed by atoms with Crippen LogP contribution in [-0.2, 0) is 12.8 Å². The zero-order chi connectivity index (χ0) is 13.1. The van der Waals surface area contributed by atoms with Gasteiger partial charge in [0.15, 0.2) is 0 Å². The molecule has 19 heavy (non-hydrogen) atoms. The lowest BCUT2D eigenvalue weighted by Crippen LogP contribution is -2.49. The van der Waals surface area contributed by atoms with E-state index in [1.165, 1.54) is 49.0 Å². The second-order valence-electron chi connectivity index (χ2n) is 5.90. The highest BCUT2D eigenvalue weighted by molar-refractivity contribution is 5.54. The summed E-state index contributed by atoms with van der Waals surface area (Å²) in [5, 5.41) is 6.98. The maximum Gasteiger partial charge on any atom is 0.0372 e. The third-order valence-corrected chi connectivity index (χ3v) is 4.52. The number of rotatable bonds is 3. The van der Waals surface area contributed by atoms with Crippen LogP contribution in [0.15, 0.2) is 18.2 Å². The molecular formula is C16H25N3. The van der Waals surface area contributed by atoms with E-state index in [2.05, 4.69) is 40.8 Å². The predicted molar refractivity (Wildman–Crippen MR) is 80.9 cm³/mol. The lowest BCUT2D eigenvalue weighted by Gasteiger charge is -2.33. The van der Waals surface area contributed by atoms with Crippen LogP contribution in [0, 0.1) is 0 Å². The molecule has 1 saturated heterocycles. The number of benzene rings is 1. The molecule has 2 N–H and O–H groups in total. The molecule has 104 valence electrons. The van der Waals surface area contributed by atoms with E-state index in [9.17, 15) is 0 Å². The van der Waals surface area contributed by atoms with Gasteiger partial charge in [0.25, 0.3) is 0 Å². The number of nitrogens with one attached hydrogen (secondary N) is 2. The van der Waals surface area contributed by atoms with E-state index in [4.69, 9.17) is 0 Å². The Morgan fingerprint density at radius 3 is 3.16 bits per heavy atom. The Kier molecular flexibility index (Phi) is 4.04. The van der Waals surface area contributed by atoms with Gasteiger partial charge in [0.05, 0.1) is 0 Å². The molecule has 0 amide bonds. The Morgan fingerprint density at radius 2 is 2.26 bits per heavy atom. The first kappa shape index (κ1) is 12.9. The molecule has 1 unspecified atom stereocenters. The highest BCUT2D eigenvalue weighted by Crippen LogP contribution is 2.23. The van der Waals surface area contributed by atoms with Gasteiger partial charge in [-0.1, -0.05) is 12.1 Å². The molecule has 2 aliphatic heterocycles. The monoisotopic (exact) mass is 259 g/mol. The molecule has 3 rings (SSSR count). The molecule has 1 fully saturated rings. The Balaban J connectivity index is 1.60. The molecule has 0 spiro atoms. The van der Waals surface area contributed by atoms with Crippen molar-refractivity contribution >= 4 is 5.69 Å². The standard InChI is InChI=1S/C16H25N3/c1-19-10-9-17-12-15(19)6-4-13-5-7-16-14(11-13)3-2-8-18-16/h5,7,11,15,17-18H,2-4,6,8-10,12H2,1H3. The first-order chi connectivity index (χ1) is 9.33. The van der Waals surface area contributed by atoms with E-state index in [1.807, 2.05) is 0 Å². The summed E-state index contributed by atoms with van der Waals surface area (Å²) < 4.78 is 0. The minimum Gasteiger partial charge on any atom is -0.385 e. The quantitative estimate of drug-likeness (QED) is 0.868. The summed E-state index contributed by atoms with van der Waals surface area (Å²) in [7, 11) is 2.25. The van der Waals surface area contributed by atoms with E-state index in [-0.39, 0.29) is 0 Å². The molecule has 2 heterocycles. The van der Waals surface area contributed by atoms with E-state index in [0.717, 1.165) is 19.6 Å². The second-order valence-corrected chi connectivity index (χ2v) is 5.90. The number of piperazine rings is 1. The SMILES string of the molecule is CN1CCNCC1CCc1ccc2c(c1)CCCN2. The number of likely N-dealkylation sites (N-methyl/N-ethyl adjacent to an activating group) is 1. The smallest absolute Gasteiger partial charge is 0.0372 e. The Bertz CT molecular complexity index is 430. The molecule has 0 aromatic heterocycles. The van der Waals surface area contributed by atoms with Crippen molar-refractivity contribution in [3.63, 3.8) is 0 Å². The summed E-state index contributed by atoms with van der Waals surface area (Å²) in [6, 6.07) is 7.68. The summed E-state index contributed by atoms with van der Waals surface area (Å²) in [5.41, 5.74) is 4.37. The Morgan fingerprint density at radius 1 is 1.32 bits per heavy atom. The zero-order valence-electron chi connectivity index (χ0n) is 11.9. The number of fused-ring (bicyclic) bond motifs is 1. The van der Waals surface area contributed by atoms with Crippen molar-refractivity contribution in [3.05, 3.63) is 29.3 Å². The first-order valence-corrected chi connectivity index (χ1v) is 7.59. The van der Waals surface area contributed by atoms with E-state index < -0.39 is 0 Å². The van der Waals surface area contributed by atoms with Gasteiger partial charge in [0, 0.05) is 37.9 Å². The van der Waals surface area contributed by atoms with Crippen molar-refractivity contribution in [3.8, 4) is 0 Å². The van der Waals surface area contributed by atoms with E-state index in [1.54, 1.807) is 0 Å². The van der Waals surface area contributed by atoms with Gasteiger partial charge < -0.3 is 15.5 Å². The fourth-order valence-electron chi connectivity index (χ4n) is 3.20. The van der Waals surface area contributed by atoms with Crippen LogP contribution in [0.4, 0.5) is 5.69 Å². The van der Waals surface area contributed by atoms with Crippen LogP contribution in [0.1, 0.15) is 24.0 Å². The van der Waals surface area contributed by atoms with Crippen LogP contribution >= 0.6 is 0 Å². The van der Waals surface area contributed by atoms with Gasteiger partial charge in [-0.15, -0.1) is 0 Å². The molecular weight excluding hydrogens is 234 g/mol. The van der Waals surface area contributed by atoms with Crippen molar-refractivity contribution in [1.29, 1.82) is 0 Å². The number of aryl methyl sites for hydroxylation is 2. The van der Waals surface area contributed by atoms with Crippen LogP contribution in [0.25, 0.3) is 0 Å². The van der Waals surface area contributed by atoms with Gasteiger partial charge >= 0.3 is 0 Å². The molecule has 1 aromatic rings. The molecule has 2 aliphatic rings. The van der Waals surface area contributed by atoms with Crippen molar-refractivity contribution in [2.75, 3.05) is 38.5 Å². The van der Waals surface area contributed by atoms with Crippen molar-refractivity contribution in [2.24, 2.45) is 0 Å². The summed E-state index contributed by atoms with van der Waals surface area (Å²) in [6.07, 6.45) is 4.96. The van der Waals surface area contributed by atoms with E-state index in [0.29, 0.717) is 6.04 Å². The largest absolute Gasteiger partial charge is 0.385 e. The molecule has 0 radical (unpaired) electrons. The fraction of sp³-hybridized carbons (Fsp3) is 0.625. The molecule has 1 aromatic carbocycles. The van der Waals surface area contributed by atoms with Crippen molar-refractivity contribution in [1.82, 2.24) is 10.2 Å². The number of hydrogen-bond donors (Lipinski definition) is 2. The first-order valence-electron chi connectivity index (χ1n) is 7.59. The molecule has 0 bridgehead atoms. The highest BCUT2D eigenvalue weighted by Gasteiger charge is 2.18. The number of anilines is 1. The maximum absolute atomic E-state index is 3.50. The van der Waals surface area contributed by atoms with Gasteiger partial charge in [0.2, 0.25) is 0 Å². The van der Waals surface area contributed by atoms with E-state index >= 15 is 0 Å². The van der Waals surface area contributed by atoms with Crippen molar-refractivity contribution in [2.45, 2.75) is 31.7 Å². The van der Waals surface area contributed by atoms with Gasteiger partial charge in [-0.2, -0.15) is 0 Å². The third-order valence-electron chi connectivity index (χ3n) is 4.52. The molecule has 3 heteroatoms. The summed E-state index contributed by atoms with van der Waals surface area (Å²) >= 11 is 0. The fourth-order valence-corrected chi connectivity index (χ4v) is 3.20. The normalized spacial score (nSPS) is 23.7. The molecule has 0 aliphatic carbocycles. The lowest BCUT2D eigenvalue weighted by atomic mass is 9.97. The van der Waals surface area contributed by atoms with Crippen LogP contribution in [-0.4, -0.2) is 44.2 Å². The van der Waals surface area contributed by atoms with Gasteiger partial charge in [0.1, 0.15) is 0 Å². The molecule has 3 nitrogen and oxygen atoms in total. The second kappa shape index (κ2) is 5.93. The van der Waals surface area contributed by atoms with Gasteiger partial charge in [-0.25, -0.2) is 0 Å². The average molecular weight is 259 g/mol. The van der Waals surface area contributed by atoms with Gasteiger partial charge in [-0.05, 0) is 49.9 Å². The maximum atomic E-state index is 3.50. The topological polar surface area (TPSA) is 27.3 Å². The molecule has 1 atom stereocenters.